The molecule has 3 aliphatic rings. The molecular weight excluding hydrogens is 659 g/mol. The third kappa shape index (κ3) is 10.5. The van der Waals surface area contributed by atoms with Gasteiger partial charge in [0.1, 0.15) is 6.17 Å². The van der Waals surface area contributed by atoms with Crippen molar-refractivity contribution in [1.82, 2.24) is 29.8 Å². The van der Waals surface area contributed by atoms with Gasteiger partial charge in [0.05, 0.1) is 35.4 Å². The van der Waals surface area contributed by atoms with Gasteiger partial charge in [-0.1, -0.05) is 69.0 Å². The number of halogens is 1. The number of likely N-dealkylation sites (tertiary alicyclic amines) is 2. The number of nitrogens with one attached hydrogen (secondary N) is 1. The lowest BCUT2D eigenvalue weighted by atomic mass is 10.0. The maximum absolute atomic E-state index is 14.8. The molecule has 3 aromatic rings. The van der Waals surface area contributed by atoms with Crippen molar-refractivity contribution in [2.75, 3.05) is 58.9 Å². The van der Waals surface area contributed by atoms with E-state index in [1.54, 1.807) is 17.0 Å². The summed E-state index contributed by atoms with van der Waals surface area (Å²) in [6.45, 7) is 16.0. The number of ether oxygens (including phenoxy) is 1. The number of fused-ring (bicyclic) bond motifs is 1. The van der Waals surface area contributed by atoms with Crippen LogP contribution >= 0.6 is 0 Å². The van der Waals surface area contributed by atoms with Crippen molar-refractivity contribution in [1.29, 1.82) is 0 Å². The molecule has 2 aromatic carbocycles. The van der Waals surface area contributed by atoms with Gasteiger partial charge in [-0.05, 0) is 55.9 Å². The second-order valence-corrected chi connectivity index (χ2v) is 13.8. The van der Waals surface area contributed by atoms with E-state index in [2.05, 4.69) is 56.9 Å². The van der Waals surface area contributed by atoms with Crippen LogP contribution in [0, 0.1) is 0 Å². The predicted molar refractivity (Wildman–Crippen MR) is 204 cm³/mol. The summed E-state index contributed by atoms with van der Waals surface area (Å²) in [6.07, 6.45) is 4.76. The Labute approximate surface area is 307 Å². The first-order chi connectivity index (χ1) is 25.2. The Morgan fingerprint density at radius 1 is 0.865 bits per heavy atom. The number of carbonyl (C=O) groups excluding carboxylic acids is 2. The second kappa shape index (κ2) is 19.0. The number of carbonyl (C=O) groups is 2. The standard InChI is InChI=1S/C39H49FN6O4.C2H6/c1-28(25-36-33-10-6-7-11-34(33)38(48)42-41-36)24-35(29(2)40)39(49)46-22-20-45(21-23-46)37(47)27-44-18-14-32(15-19-44)50-31-12-16-43(17-13-31)26-30-8-4-3-5-9-30;1-2/h3-11,24,29,31-32H,1,12-23,25-27H2,2H3,(H,42,48);1-2H3/b35-24+;. The highest BCUT2D eigenvalue weighted by atomic mass is 19.1. The molecule has 10 nitrogen and oxygen atoms in total. The van der Waals surface area contributed by atoms with Crippen molar-refractivity contribution in [3.05, 3.63) is 100 Å². The minimum absolute atomic E-state index is 0.0198. The molecule has 280 valence electrons. The number of piperazine rings is 1. The lowest BCUT2D eigenvalue weighted by Gasteiger charge is -2.38. The number of rotatable bonds is 11. The number of amides is 2. The van der Waals surface area contributed by atoms with Gasteiger partial charge in [-0.15, -0.1) is 0 Å². The monoisotopic (exact) mass is 714 g/mol. The normalized spacial score (nSPS) is 18.9. The number of aromatic nitrogens is 2. The van der Waals surface area contributed by atoms with Crippen LogP contribution in [0.5, 0.6) is 0 Å². The molecule has 3 saturated heterocycles. The lowest BCUT2D eigenvalue weighted by Crippen LogP contribution is -2.53. The Bertz CT molecular complexity index is 1720. The fourth-order valence-electron chi connectivity index (χ4n) is 7.29. The van der Waals surface area contributed by atoms with E-state index in [-0.39, 0.29) is 29.6 Å². The Morgan fingerprint density at radius 3 is 2.04 bits per heavy atom. The molecule has 52 heavy (non-hydrogen) atoms. The molecule has 0 bridgehead atoms. The van der Waals surface area contributed by atoms with Crippen LogP contribution in [-0.4, -0.2) is 119 Å². The van der Waals surface area contributed by atoms with Crippen molar-refractivity contribution in [3.8, 4) is 0 Å². The van der Waals surface area contributed by atoms with Crippen molar-refractivity contribution in [2.45, 2.75) is 77.8 Å². The smallest absolute Gasteiger partial charge is 0.272 e. The first kappa shape index (κ1) is 39.0. The minimum Gasteiger partial charge on any atom is -0.375 e. The fraction of sp³-hybridized carbons (Fsp3) is 0.512. The van der Waals surface area contributed by atoms with Crippen LogP contribution in [0.2, 0.25) is 0 Å². The molecule has 3 fully saturated rings. The highest BCUT2D eigenvalue weighted by Crippen LogP contribution is 2.23. The lowest BCUT2D eigenvalue weighted by molar-refractivity contribution is -0.139. The molecular formula is C41H55FN6O4. The summed E-state index contributed by atoms with van der Waals surface area (Å²) in [5.74, 6) is -0.331. The van der Waals surface area contributed by atoms with E-state index in [0.717, 1.165) is 58.4 Å². The van der Waals surface area contributed by atoms with Crippen LogP contribution in [0.4, 0.5) is 4.39 Å². The molecule has 4 heterocycles. The number of hydrogen-bond acceptors (Lipinski definition) is 7. The topological polar surface area (TPSA) is 102 Å². The first-order valence-electron chi connectivity index (χ1n) is 18.9. The summed E-state index contributed by atoms with van der Waals surface area (Å²) in [4.78, 5) is 46.9. The van der Waals surface area contributed by atoms with E-state index in [1.807, 2.05) is 30.9 Å². The maximum atomic E-state index is 14.8. The second-order valence-electron chi connectivity index (χ2n) is 13.8. The van der Waals surface area contributed by atoms with Crippen molar-refractivity contribution in [2.24, 2.45) is 0 Å². The SMILES string of the molecule is C=C(/C=C(/C(=O)N1CCN(C(=O)CN2CCC(OC3CCN(Cc4ccccc4)CC3)CC2)CC1)C(C)F)Cc1n[nH]c(=O)c2ccccc12.CC. The first-order valence-corrected chi connectivity index (χ1v) is 18.9. The number of benzene rings is 2. The summed E-state index contributed by atoms with van der Waals surface area (Å²) in [7, 11) is 0. The number of allylic oxidation sites excluding steroid dienone is 2. The van der Waals surface area contributed by atoms with E-state index < -0.39 is 12.1 Å². The zero-order valence-corrected chi connectivity index (χ0v) is 31.1. The molecule has 1 unspecified atom stereocenters. The van der Waals surface area contributed by atoms with Gasteiger partial charge in [0.25, 0.3) is 11.5 Å². The Morgan fingerprint density at radius 2 is 1.42 bits per heavy atom. The van der Waals surface area contributed by atoms with Crippen LogP contribution in [-0.2, 0) is 27.3 Å². The molecule has 1 atom stereocenters. The van der Waals surface area contributed by atoms with Crippen molar-refractivity contribution in [3.63, 3.8) is 0 Å². The summed E-state index contributed by atoms with van der Waals surface area (Å²) in [6, 6.07) is 17.7. The quantitative estimate of drug-likeness (QED) is 0.217. The third-order valence-corrected chi connectivity index (χ3v) is 10.2. The van der Waals surface area contributed by atoms with Gasteiger partial charge in [0, 0.05) is 70.7 Å². The predicted octanol–water partition coefficient (Wildman–Crippen LogP) is 5.15. The van der Waals surface area contributed by atoms with Gasteiger partial charge in [-0.2, -0.15) is 5.10 Å². The third-order valence-electron chi connectivity index (χ3n) is 10.2. The molecule has 0 spiro atoms. The van der Waals surface area contributed by atoms with E-state index >= 15 is 0 Å². The highest BCUT2D eigenvalue weighted by Gasteiger charge is 2.31. The van der Waals surface area contributed by atoms with Gasteiger partial charge in [0.15, 0.2) is 0 Å². The number of piperidine rings is 2. The molecule has 0 radical (unpaired) electrons. The van der Waals surface area contributed by atoms with E-state index in [4.69, 9.17) is 4.74 Å². The minimum atomic E-state index is -1.50. The van der Waals surface area contributed by atoms with Crippen LogP contribution in [0.1, 0.15) is 57.7 Å². The Kier molecular flexibility index (Phi) is 14.3. The summed E-state index contributed by atoms with van der Waals surface area (Å²) < 4.78 is 21.3. The maximum Gasteiger partial charge on any atom is 0.272 e. The molecule has 1 aromatic heterocycles. The summed E-state index contributed by atoms with van der Waals surface area (Å²) >= 11 is 0. The van der Waals surface area contributed by atoms with E-state index in [9.17, 15) is 18.8 Å². The van der Waals surface area contributed by atoms with Gasteiger partial charge >= 0.3 is 0 Å². The summed E-state index contributed by atoms with van der Waals surface area (Å²) in [5.41, 5.74) is 2.19. The van der Waals surface area contributed by atoms with Gasteiger partial charge in [-0.25, -0.2) is 9.49 Å². The van der Waals surface area contributed by atoms with Crippen molar-refractivity contribution < 1.29 is 18.7 Å². The number of hydrogen-bond donors (Lipinski definition) is 1. The molecule has 6 rings (SSSR count). The molecule has 1 N–H and O–H groups in total. The van der Waals surface area contributed by atoms with Crippen LogP contribution in [0.3, 0.4) is 0 Å². The number of aromatic amines is 1. The number of H-pyrrole nitrogens is 1. The Hall–Kier alpha value is -4.19. The van der Waals surface area contributed by atoms with E-state index in [1.165, 1.54) is 18.6 Å². The largest absolute Gasteiger partial charge is 0.375 e. The molecule has 3 aliphatic heterocycles. The van der Waals surface area contributed by atoms with E-state index in [0.29, 0.717) is 60.9 Å². The molecule has 0 aliphatic carbocycles. The molecule has 0 saturated carbocycles. The number of nitrogens with zero attached hydrogens (tertiary/aromatic N) is 5. The average molecular weight is 715 g/mol. The fourth-order valence-corrected chi connectivity index (χ4v) is 7.29. The summed E-state index contributed by atoms with van der Waals surface area (Å²) in [5, 5.41) is 7.88. The van der Waals surface area contributed by atoms with Gasteiger partial charge in [-0.3, -0.25) is 24.2 Å². The Balaban J connectivity index is 0.00000257. The molecule has 2 amide bonds. The highest BCUT2D eigenvalue weighted by molar-refractivity contribution is 5.95. The van der Waals surface area contributed by atoms with Crippen molar-refractivity contribution >= 4 is 22.6 Å². The molecule has 11 heteroatoms. The zero-order valence-electron chi connectivity index (χ0n) is 31.1. The van der Waals surface area contributed by atoms with Gasteiger partial charge in [0.2, 0.25) is 5.91 Å². The number of alkyl halides is 1. The van der Waals surface area contributed by atoms with Crippen LogP contribution < -0.4 is 5.56 Å². The van der Waals surface area contributed by atoms with Crippen LogP contribution in [0.15, 0.2) is 83.2 Å². The van der Waals surface area contributed by atoms with Crippen LogP contribution in [0.25, 0.3) is 10.8 Å². The zero-order chi connectivity index (χ0) is 37.0. The van der Waals surface area contributed by atoms with Gasteiger partial charge < -0.3 is 14.5 Å². The average Bonchev–Trinajstić information content (AvgIpc) is 3.17.